The number of aromatic amines is 1. The molecule has 2 aromatic heterocycles. The Kier molecular flexibility index (Phi) is 3.91. The number of rotatable bonds is 5. The Morgan fingerprint density at radius 3 is 2.52 bits per heavy atom. The van der Waals surface area contributed by atoms with Crippen molar-refractivity contribution in [3.8, 4) is 11.4 Å². The van der Waals surface area contributed by atoms with E-state index in [1.807, 2.05) is 13.8 Å². The van der Waals surface area contributed by atoms with Gasteiger partial charge in [0, 0.05) is 35.9 Å². The molecule has 120 valence electrons. The summed E-state index contributed by atoms with van der Waals surface area (Å²) in [6, 6.07) is 7.10. The van der Waals surface area contributed by atoms with Crippen LogP contribution in [0.1, 0.15) is 19.9 Å². The van der Waals surface area contributed by atoms with Crippen LogP contribution in [0, 0.1) is 0 Å². The topological polar surface area (TPSA) is 92.7 Å². The second kappa shape index (κ2) is 5.88. The molecule has 3 rings (SSSR count). The number of anilines is 1. The molecule has 0 aliphatic carbocycles. The molecule has 0 amide bonds. The molecule has 0 spiro atoms. The lowest BCUT2D eigenvalue weighted by molar-refractivity contribution is 0.531. The second-order valence-electron chi connectivity index (χ2n) is 5.37. The van der Waals surface area contributed by atoms with Crippen LogP contribution in [0.15, 0.2) is 53.9 Å². The number of nitrogens with one attached hydrogen (secondary N) is 2. The van der Waals surface area contributed by atoms with Crippen molar-refractivity contribution in [3.05, 3.63) is 49.1 Å². The predicted molar refractivity (Wildman–Crippen MR) is 87.4 cm³/mol. The van der Waals surface area contributed by atoms with Crippen LogP contribution >= 0.6 is 0 Å². The highest BCUT2D eigenvalue weighted by molar-refractivity contribution is 7.92. The number of sulfonamides is 1. The Bertz CT molecular complexity index is 880. The Balaban J connectivity index is 1.80. The Morgan fingerprint density at radius 2 is 1.96 bits per heavy atom. The highest BCUT2D eigenvalue weighted by Gasteiger charge is 2.17. The first kappa shape index (κ1) is 15.3. The number of benzene rings is 1. The van der Waals surface area contributed by atoms with Crippen molar-refractivity contribution in [3.63, 3.8) is 0 Å². The van der Waals surface area contributed by atoms with Gasteiger partial charge in [0.15, 0.2) is 0 Å². The van der Waals surface area contributed by atoms with E-state index in [0.717, 1.165) is 11.4 Å². The zero-order valence-electron chi connectivity index (χ0n) is 12.8. The van der Waals surface area contributed by atoms with Crippen LogP contribution in [0.2, 0.25) is 0 Å². The second-order valence-corrected chi connectivity index (χ2v) is 7.05. The molecule has 0 bridgehead atoms. The summed E-state index contributed by atoms with van der Waals surface area (Å²) < 4.78 is 28.9. The van der Waals surface area contributed by atoms with E-state index in [0.29, 0.717) is 5.69 Å². The van der Waals surface area contributed by atoms with Crippen LogP contribution in [0.25, 0.3) is 11.4 Å². The smallest absolute Gasteiger partial charge is 0.265 e. The van der Waals surface area contributed by atoms with E-state index in [9.17, 15) is 8.42 Å². The molecule has 0 aliphatic heterocycles. The lowest BCUT2D eigenvalue weighted by atomic mass is 10.2. The van der Waals surface area contributed by atoms with Crippen LogP contribution in [0.3, 0.4) is 0 Å². The molecule has 7 nitrogen and oxygen atoms in total. The van der Waals surface area contributed by atoms with Crippen molar-refractivity contribution in [1.82, 2.24) is 19.7 Å². The zero-order valence-corrected chi connectivity index (χ0v) is 13.6. The van der Waals surface area contributed by atoms with Gasteiger partial charge in [-0.1, -0.05) is 0 Å². The third kappa shape index (κ3) is 3.26. The maximum atomic E-state index is 12.4. The molecule has 0 radical (unpaired) electrons. The molecule has 3 aromatic rings. The number of hydrogen-bond acceptors (Lipinski definition) is 4. The average molecular weight is 331 g/mol. The van der Waals surface area contributed by atoms with E-state index < -0.39 is 10.0 Å². The van der Waals surface area contributed by atoms with Crippen LogP contribution in [-0.4, -0.2) is 28.2 Å². The Morgan fingerprint density at radius 1 is 1.22 bits per heavy atom. The van der Waals surface area contributed by atoms with Gasteiger partial charge < -0.3 is 4.98 Å². The highest BCUT2D eigenvalue weighted by Crippen LogP contribution is 2.20. The summed E-state index contributed by atoms with van der Waals surface area (Å²) in [6.07, 6.45) is 6.26. The van der Waals surface area contributed by atoms with E-state index in [1.165, 1.54) is 12.4 Å². The van der Waals surface area contributed by atoms with Gasteiger partial charge in [-0.05, 0) is 38.1 Å². The summed E-state index contributed by atoms with van der Waals surface area (Å²) in [5.74, 6) is 0.734. The molecule has 0 atom stereocenters. The van der Waals surface area contributed by atoms with Gasteiger partial charge in [0.2, 0.25) is 0 Å². The molecule has 0 aliphatic rings. The first-order chi connectivity index (χ1) is 11.0. The van der Waals surface area contributed by atoms with E-state index in [1.54, 1.807) is 41.3 Å². The lowest BCUT2D eigenvalue weighted by Crippen LogP contribution is -2.12. The van der Waals surface area contributed by atoms with Crippen molar-refractivity contribution in [2.45, 2.75) is 24.8 Å². The van der Waals surface area contributed by atoms with Crippen LogP contribution in [-0.2, 0) is 10.0 Å². The van der Waals surface area contributed by atoms with Crippen molar-refractivity contribution < 1.29 is 8.42 Å². The molecule has 23 heavy (non-hydrogen) atoms. The summed E-state index contributed by atoms with van der Waals surface area (Å²) in [6.45, 7) is 3.87. The van der Waals surface area contributed by atoms with Gasteiger partial charge >= 0.3 is 0 Å². The minimum absolute atomic E-state index is 0.103. The first-order valence-electron chi connectivity index (χ1n) is 7.12. The van der Waals surface area contributed by atoms with Gasteiger partial charge in [-0.3, -0.25) is 9.40 Å². The summed E-state index contributed by atoms with van der Waals surface area (Å²) >= 11 is 0. The molecule has 2 heterocycles. The van der Waals surface area contributed by atoms with E-state index >= 15 is 0 Å². The summed E-state index contributed by atoms with van der Waals surface area (Å²) in [7, 11) is -3.65. The van der Waals surface area contributed by atoms with Crippen LogP contribution in [0.5, 0.6) is 0 Å². The number of H-pyrrole nitrogens is 1. The average Bonchev–Trinajstić information content (AvgIpc) is 3.20. The van der Waals surface area contributed by atoms with Gasteiger partial charge in [0.1, 0.15) is 10.7 Å². The first-order valence-corrected chi connectivity index (χ1v) is 8.61. The molecule has 1 aromatic carbocycles. The quantitative estimate of drug-likeness (QED) is 0.751. The number of aromatic nitrogens is 4. The summed E-state index contributed by atoms with van der Waals surface area (Å²) in [5.41, 5.74) is 1.36. The van der Waals surface area contributed by atoms with Gasteiger partial charge in [-0.15, -0.1) is 0 Å². The predicted octanol–water partition coefficient (Wildman–Crippen LogP) is 2.65. The molecular weight excluding hydrogens is 314 g/mol. The van der Waals surface area contributed by atoms with Crippen LogP contribution < -0.4 is 4.72 Å². The standard InChI is InChI=1S/C15H17N5O2S/c1-11(2)20-10-14(9-18-20)23(21,22)19-13-5-3-12(4-6-13)15-16-7-8-17-15/h3-11,19H,1-2H3,(H,16,17). The third-order valence-corrected chi connectivity index (χ3v) is 4.66. The molecule has 0 fully saturated rings. The third-order valence-electron chi connectivity index (χ3n) is 3.33. The molecule has 8 heteroatoms. The molecule has 0 saturated heterocycles. The van der Waals surface area contributed by atoms with Gasteiger partial charge in [-0.2, -0.15) is 5.10 Å². The fourth-order valence-electron chi connectivity index (χ4n) is 2.08. The number of imidazole rings is 1. The fourth-order valence-corrected chi connectivity index (χ4v) is 3.07. The molecular formula is C15H17N5O2S. The Labute approximate surface area is 134 Å². The van der Waals surface area contributed by atoms with Crippen molar-refractivity contribution in [2.24, 2.45) is 0 Å². The van der Waals surface area contributed by atoms with E-state index in [2.05, 4.69) is 19.8 Å². The summed E-state index contributed by atoms with van der Waals surface area (Å²) in [5, 5.41) is 4.06. The SMILES string of the molecule is CC(C)n1cc(S(=O)(=O)Nc2ccc(-c3ncc[nH]3)cc2)cn1. The van der Waals surface area contributed by atoms with Crippen molar-refractivity contribution in [2.75, 3.05) is 4.72 Å². The maximum Gasteiger partial charge on any atom is 0.265 e. The van der Waals surface area contributed by atoms with Crippen molar-refractivity contribution in [1.29, 1.82) is 0 Å². The lowest BCUT2D eigenvalue weighted by Gasteiger charge is -2.07. The minimum Gasteiger partial charge on any atom is -0.345 e. The van der Waals surface area contributed by atoms with Gasteiger partial charge in [0.05, 0.1) is 6.20 Å². The Hall–Kier alpha value is -2.61. The van der Waals surface area contributed by atoms with Gasteiger partial charge in [0.25, 0.3) is 10.0 Å². The number of hydrogen-bond donors (Lipinski definition) is 2. The largest absolute Gasteiger partial charge is 0.345 e. The minimum atomic E-state index is -3.65. The molecule has 2 N–H and O–H groups in total. The molecule has 0 saturated carbocycles. The monoisotopic (exact) mass is 331 g/mol. The van der Waals surface area contributed by atoms with Crippen molar-refractivity contribution >= 4 is 15.7 Å². The highest BCUT2D eigenvalue weighted by atomic mass is 32.2. The zero-order chi connectivity index (χ0) is 16.4. The summed E-state index contributed by atoms with van der Waals surface area (Å²) in [4.78, 5) is 7.29. The normalized spacial score (nSPS) is 11.8. The fraction of sp³-hybridized carbons (Fsp3) is 0.200. The van der Waals surface area contributed by atoms with Crippen LogP contribution in [0.4, 0.5) is 5.69 Å². The molecule has 0 unspecified atom stereocenters. The van der Waals surface area contributed by atoms with Gasteiger partial charge in [-0.25, -0.2) is 13.4 Å². The van der Waals surface area contributed by atoms with E-state index in [4.69, 9.17) is 0 Å². The maximum absolute atomic E-state index is 12.4. The van der Waals surface area contributed by atoms with E-state index in [-0.39, 0.29) is 10.9 Å². The number of nitrogens with zero attached hydrogens (tertiary/aromatic N) is 3.